The summed E-state index contributed by atoms with van der Waals surface area (Å²) in [5.74, 6) is 0.445. The van der Waals surface area contributed by atoms with Crippen molar-refractivity contribution in [1.82, 2.24) is 9.88 Å². The lowest BCUT2D eigenvalue weighted by atomic mass is 9.90. The van der Waals surface area contributed by atoms with E-state index in [-0.39, 0.29) is 11.0 Å². The first-order chi connectivity index (χ1) is 9.77. The minimum atomic E-state index is -0.0317. The third kappa shape index (κ3) is 5.29. The minimum Gasteiger partial charge on any atom is -0.383 e. The standard InChI is InChI=1S/C17H30N2O2/c1-13(2)12-19-15(17(3,4)5)8-7-14(16(19)20)11-18-9-10-21-6/h7-8,13,18H,9-12H2,1-6H3. The van der Waals surface area contributed by atoms with E-state index >= 15 is 0 Å². The molecule has 1 aromatic rings. The molecule has 1 heterocycles. The highest BCUT2D eigenvalue weighted by Crippen LogP contribution is 2.22. The van der Waals surface area contributed by atoms with Crippen LogP contribution in [0.1, 0.15) is 45.9 Å². The van der Waals surface area contributed by atoms with E-state index in [1.54, 1.807) is 7.11 Å². The quantitative estimate of drug-likeness (QED) is 0.786. The Hall–Kier alpha value is -1.13. The van der Waals surface area contributed by atoms with Gasteiger partial charge in [-0.05, 0) is 12.0 Å². The van der Waals surface area contributed by atoms with Gasteiger partial charge in [-0.2, -0.15) is 0 Å². The van der Waals surface area contributed by atoms with Crippen LogP contribution in [0.5, 0.6) is 0 Å². The van der Waals surface area contributed by atoms with Gasteiger partial charge in [0.25, 0.3) is 5.56 Å². The first-order valence-electron chi connectivity index (χ1n) is 7.70. The van der Waals surface area contributed by atoms with Gasteiger partial charge in [0, 0.05) is 43.4 Å². The van der Waals surface area contributed by atoms with Crippen LogP contribution in [0.25, 0.3) is 0 Å². The zero-order valence-corrected chi connectivity index (χ0v) is 14.3. The Morgan fingerprint density at radius 3 is 2.48 bits per heavy atom. The number of methoxy groups -OCH3 is 1. The molecule has 0 atom stereocenters. The summed E-state index contributed by atoms with van der Waals surface area (Å²) in [7, 11) is 1.68. The Labute approximate surface area is 128 Å². The normalized spacial score (nSPS) is 12.1. The molecule has 0 unspecified atom stereocenters. The van der Waals surface area contributed by atoms with Crippen molar-refractivity contribution >= 4 is 0 Å². The number of hydrogen-bond donors (Lipinski definition) is 1. The molecule has 0 fully saturated rings. The molecule has 0 aliphatic carbocycles. The van der Waals surface area contributed by atoms with Crippen LogP contribution in [-0.2, 0) is 23.2 Å². The number of rotatable bonds is 7. The average molecular weight is 294 g/mol. The Morgan fingerprint density at radius 2 is 1.95 bits per heavy atom. The highest BCUT2D eigenvalue weighted by Gasteiger charge is 2.20. The van der Waals surface area contributed by atoms with Gasteiger partial charge in [-0.15, -0.1) is 0 Å². The second kappa shape index (κ2) is 7.76. The topological polar surface area (TPSA) is 43.3 Å². The fourth-order valence-corrected chi connectivity index (χ4v) is 2.36. The first kappa shape index (κ1) is 17.9. The maximum Gasteiger partial charge on any atom is 0.255 e. The van der Waals surface area contributed by atoms with Gasteiger partial charge in [0.1, 0.15) is 0 Å². The van der Waals surface area contributed by atoms with Gasteiger partial charge in [-0.3, -0.25) is 4.79 Å². The van der Waals surface area contributed by atoms with Crippen molar-refractivity contribution in [2.45, 2.75) is 53.1 Å². The summed E-state index contributed by atoms with van der Waals surface area (Å²) < 4.78 is 6.95. The molecular weight excluding hydrogens is 264 g/mol. The van der Waals surface area contributed by atoms with Crippen LogP contribution < -0.4 is 10.9 Å². The Balaban J connectivity index is 3.06. The second-order valence-corrected chi connectivity index (χ2v) is 6.97. The van der Waals surface area contributed by atoms with E-state index in [1.165, 1.54) is 0 Å². The van der Waals surface area contributed by atoms with Crippen molar-refractivity contribution in [3.05, 3.63) is 33.7 Å². The van der Waals surface area contributed by atoms with Crippen LogP contribution >= 0.6 is 0 Å². The number of pyridine rings is 1. The number of nitrogens with one attached hydrogen (secondary N) is 1. The summed E-state index contributed by atoms with van der Waals surface area (Å²) in [4.78, 5) is 12.7. The van der Waals surface area contributed by atoms with Gasteiger partial charge in [0.15, 0.2) is 0 Å². The molecule has 0 aromatic carbocycles. The smallest absolute Gasteiger partial charge is 0.255 e. The third-order valence-corrected chi connectivity index (χ3v) is 3.37. The molecule has 0 aliphatic rings. The number of hydrogen-bond acceptors (Lipinski definition) is 3. The first-order valence-corrected chi connectivity index (χ1v) is 7.70. The molecule has 0 amide bonds. The van der Waals surface area contributed by atoms with Crippen molar-refractivity contribution in [1.29, 1.82) is 0 Å². The van der Waals surface area contributed by atoms with Gasteiger partial charge in [0.05, 0.1) is 6.61 Å². The van der Waals surface area contributed by atoms with Gasteiger partial charge in [-0.1, -0.05) is 40.7 Å². The lowest BCUT2D eigenvalue weighted by Crippen LogP contribution is -2.34. The molecule has 4 nitrogen and oxygen atoms in total. The Bertz CT molecular complexity index is 498. The molecule has 1 aromatic heterocycles. The van der Waals surface area contributed by atoms with Crippen LogP contribution in [0.3, 0.4) is 0 Å². The lowest BCUT2D eigenvalue weighted by molar-refractivity contribution is 0.199. The summed E-state index contributed by atoms with van der Waals surface area (Å²) in [6.07, 6.45) is 0. The lowest BCUT2D eigenvalue weighted by Gasteiger charge is -2.26. The SMILES string of the molecule is COCCNCc1ccc(C(C)(C)C)n(CC(C)C)c1=O. The van der Waals surface area contributed by atoms with E-state index in [4.69, 9.17) is 4.74 Å². The number of aromatic nitrogens is 1. The largest absolute Gasteiger partial charge is 0.383 e. The van der Waals surface area contributed by atoms with Crippen LogP contribution in [0, 0.1) is 5.92 Å². The van der Waals surface area contributed by atoms with E-state index in [1.807, 2.05) is 10.6 Å². The van der Waals surface area contributed by atoms with E-state index in [2.05, 4.69) is 46.0 Å². The van der Waals surface area contributed by atoms with E-state index in [0.717, 1.165) is 24.3 Å². The number of nitrogens with zero attached hydrogens (tertiary/aromatic N) is 1. The number of ether oxygens (including phenoxy) is 1. The fourth-order valence-electron chi connectivity index (χ4n) is 2.36. The zero-order valence-electron chi connectivity index (χ0n) is 14.3. The van der Waals surface area contributed by atoms with Crippen molar-refractivity contribution in [3.63, 3.8) is 0 Å². The fraction of sp³-hybridized carbons (Fsp3) is 0.706. The van der Waals surface area contributed by atoms with Crippen LogP contribution in [0.15, 0.2) is 16.9 Å². The molecule has 0 spiro atoms. The van der Waals surface area contributed by atoms with E-state index in [9.17, 15) is 4.79 Å². The Morgan fingerprint density at radius 1 is 1.29 bits per heavy atom. The highest BCUT2D eigenvalue weighted by atomic mass is 16.5. The van der Waals surface area contributed by atoms with Crippen LogP contribution in [0.4, 0.5) is 0 Å². The second-order valence-electron chi connectivity index (χ2n) is 6.97. The summed E-state index contributed by atoms with van der Waals surface area (Å²) in [6.45, 7) is 13.5. The van der Waals surface area contributed by atoms with Gasteiger partial charge in [0.2, 0.25) is 0 Å². The zero-order chi connectivity index (χ0) is 16.0. The summed E-state index contributed by atoms with van der Waals surface area (Å²) in [6, 6.07) is 4.05. The maximum absolute atomic E-state index is 12.7. The summed E-state index contributed by atoms with van der Waals surface area (Å²) >= 11 is 0. The highest BCUT2D eigenvalue weighted by molar-refractivity contribution is 5.21. The van der Waals surface area contributed by atoms with Crippen molar-refractivity contribution in [2.24, 2.45) is 5.92 Å². The predicted molar refractivity (Wildman–Crippen MR) is 87.8 cm³/mol. The van der Waals surface area contributed by atoms with Crippen molar-refractivity contribution < 1.29 is 4.74 Å². The summed E-state index contributed by atoms with van der Waals surface area (Å²) in [5.41, 5.74) is 2.01. The Kier molecular flexibility index (Phi) is 6.62. The third-order valence-electron chi connectivity index (χ3n) is 3.37. The molecule has 1 N–H and O–H groups in total. The van der Waals surface area contributed by atoms with Crippen LogP contribution in [-0.4, -0.2) is 24.8 Å². The van der Waals surface area contributed by atoms with Gasteiger partial charge >= 0.3 is 0 Å². The maximum atomic E-state index is 12.7. The van der Waals surface area contributed by atoms with E-state index in [0.29, 0.717) is 19.1 Å². The molecule has 21 heavy (non-hydrogen) atoms. The molecule has 0 bridgehead atoms. The van der Waals surface area contributed by atoms with Gasteiger partial charge in [-0.25, -0.2) is 0 Å². The van der Waals surface area contributed by atoms with Gasteiger partial charge < -0.3 is 14.6 Å². The molecule has 0 saturated carbocycles. The molecule has 0 aliphatic heterocycles. The molecule has 4 heteroatoms. The molecule has 1 rings (SSSR count). The molecule has 120 valence electrons. The molecular formula is C17H30N2O2. The minimum absolute atomic E-state index is 0.0317. The molecule has 0 saturated heterocycles. The van der Waals surface area contributed by atoms with Crippen LogP contribution in [0.2, 0.25) is 0 Å². The monoisotopic (exact) mass is 294 g/mol. The van der Waals surface area contributed by atoms with Crippen molar-refractivity contribution in [3.8, 4) is 0 Å². The van der Waals surface area contributed by atoms with Crippen molar-refractivity contribution in [2.75, 3.05) is 20.3 Å². The average Bonchev–Trinajstić information content (AvgIpc) is 2.36. The molecule has 0 radical (unpaired) electrons. The summed E-state index contributed by atoms with van der Waals surface area (Å²) in [5, 5.41) is 3.24. The van der Waals surface area contributed by atoms with E-state index < -0.39 is 0 Å². The predicted octanol–water partition coefficient (Wildman–Crippen LogP) is 2.54.